The number of likely N-dealkylation sites (tertiary alicyclic amines) is 1. The zero-order valence-corrected chi connectivity index (χ0v) is 13.4. The van der Waals surface area contributed by atoms with Crippen LogP contribution in [0.4, 0.5) is 0 Å². The molecule has 5 heteroatoms. The second-order valence-corrected chi connectivity index (χ2v) is 7.93. The first-order valence-corrected chi connectivity index (χ1v) is 8.84. The third-order valence-electron chi connectivity index (χ3n) is 4.97. The van der Waals surface area contributed by atoms with Gasteiger partial charge in [0.25, 0.3) is 0 Å². The summed E-state index contributed by atoms with van der Waals surface area (Å²) in [5.41, 5.74) is 2.78. The Hall–Kier alpha value is -0.910. The van der Waals surface area contributed by atoms with Crippen molar-refractivity contribution in [1.82, 2.24) is 14.3 Å². The average Bonchev–Trinajstić information content (AvgIpc) is 3.12. The first kappa shape index (κ1) is 13.7. The van der Waals surface area contributed by atoms with Crippen LogP contribution in [0.15, 0.2) is 11.6 Å². The summed E-state index contributed by atoms with van der Waals surface area (Å²) in [6, 6.07) is 0. The summed E-state index contributed by atoms with van der Waals surface area (Å²) < 4.78 is 2.28. The summed E-state index contributed by atoms with van der Waals surface area (Å²) in [6.45, 7) is 5.60. The SMILES string of the molecule is CC1(CO)CCCN(Cc2c(C3CC3)nc3sccn23)C1. The molecule has 0 radical (unpaired) electrons. The van der Waals surface area contributed by atoms with E-state index in [2.05, 4.69) is 27.8 Å². The van der Waals surface area contributed by atoms with E-state index >= 15 is 0 Å². The number of thiazole rings is 1. The maximum absolute atomic E-state index is 9.64. The zero-order valence-electron chi connectivity index (χ0n) is 12.6. The number of aromatic nitrogens is 2. The van der Waals surface area contributed by atoms with Gasteiger partial charge in [-0.05, 0) is 32.2 Å². The van der Waals surface area contributed by atoms with Crippen LogP contribution in [-0.2, 0) is 6.54 Å². The fraction of sp³-hybridized carbons (Fsp3) is 0.688. The Balaban J connectivity index is 1.61. The van der Waals surface area contributed by atoms with Crippen molar-refractivity contribution in [3.63, 3.8) is 0 Å². The number of imidazole rings is 1. The normalized spacial score (nSPS) is 27.5. The van der Waals surface area contributed by atoms with Crippen LogP contribution in [0.2, 0.25) is 0 Å². The lowest BCUT2D eigenvalue weighted by Gasteiger charge is -2.39. The van der Waals surface area contributed by atoms with E-state index in [1.54, 1.807) is 11.3 Å². The molecule has 0 aromatic carbocycles. The minimum atomic E-state index is 0.0659. The zero-order chi connectivity index (χ0) is 14.4. The monoisotopic (exact) mass is 305 g/mol. The lowest BCUT2D eigenvalue weighted by atomic mass is 9.83. The quantitative estimate of drug-likeness (QED) is 0.944. The highest BCUT2D eigenvalue weighted by Crippen LogP contribution is 2.42. The summed E-state index contributed by atoms with van der Waals surface area (Å²) in [7, 11) is 0. The van der Waals surface area contributed by atoms with Crippen molar-refractivity contribution in [3.8, 4) is 0 Å². The number of aliphatic hydroxyl groups excluding tert-OH is 1. The van der Waals surface area contributed by atoms with Gasteiger partial charge in [0.05, 0.1) is 11.4 Å². The van der Waals surface area contributed by atoms with Crippen LogP contribution in [0.25, 0.3) is 4.96 Å². The molecule has 0 amide bonds. The molecule has 4 nitrogen and oxygen atoms in total. The van der Waals surface area contributed by atoms with Crippen LogP contribution in [-0.4, -0.2) is 39.1 Å². The molecule has 21 heavy (non-hydrogen) atoms. The Kier molecular flexibility index (Phi) is 3.32. The standard InChI is InChI=1S/C16H23N3OS/c1-16(11-20)5-2-6-18(10-16)9-13-14(12-3-4-12)17-15-19(13)7-8-21-15/h7-8,12,20H,2-6,9-11H2,1H3. The van der Waals surface area contributed by atoms with Gasteiger partial charge in [0.15, 0.2) is 4.96 Å². The van der Waals surface area contributed by atoms with E-state index in [0.717, 1.165) is 31.0 Å². The summed E-state index contributed by atoms with van der Waals surface area (Å²) in [5.74, 6) is 0.695. The van der Waals surface area contributed by atoms with Crippen molar-refractivity contribution in [1.29, 1.82) is 0 Å². The van der Waals surface area contributed by atoms with Gasteiger partial charge in [-0.1, -0.05) is 6.92 Å². The van der Waals surface area contributed by atoms with Crippen molar-refractivity contribution < 1.29 is 5.11 Å². The first-order valence-electron chi connectivity index (χ1n) is 7.96. The Bertz CT molecular complexity index is 645. The van der Waals surface area contributed by atoms with E-state index in [1.807, 2.05) is 0 Å². The fourth-order valence-electron chi connectivity index (χ4n) is 3.59. The van der Waals surface area contributed by atoms with Crippen LogP contribution in [0.5, 0.6) is 0 Å². The molecule has 0 bridgehead atoms. The predicted octanol–water partition coefficient (Wildman–Crippen LogP) is 2.87. The number of piperidine rings is 1. The maximum Gasteiger partial charge on any atom is 0.194 e. The molecule has 1 atom stereocenters. The van der Waals surface area contributed by atoms with Gasteiger partial charge in [0.1, 0.15) is 0 Å². The molecule has 0 spiro atoms. The largest absolute Gasteiger partial charge is 0.396 e. The third-order valence-corrected chi connectivity index (χ3v) is 5.73. The Morgan fingerprint density at radius 2 is 2.33 bits per heavy atom. The van der Waals surface area contributed by atoms with Crippen LogP contribution < -0.4 is 0 Å². The Morgan fingerprint density at radius 3 is 3.10 bits per heavy atom. The molecule has 1 N–H and O–H groups in total. The molecule has 1 aliphatic heterocycles. The highest BCUT2D eigenvalue weighted by molar-refractivity contribution is 7.15. The van der Waals surface area contributed by atoms with Crippen molar-refractivity contribution in [2.24, 2.45) is 5.41 Å². The molecule has 2 aromatic heterocycles. The number of rotatable bonds is 4. The molecule has 2 fully saturated rings. The van der Waals surface area contributed by atoms with Crippen LogP contribution in [0, 0.1) is 5.41 Å². The summed E-state index contributed by atoms with van der Waals surface area (Å²) >= 11 is 1.73. The molecular formula is C16H23N3OS. The average molecular weight is 305 g/mol. The Labute approximate surface area is 129 Å². The van der Waals surface area contributed by atoms with Gasteiger partial charge < -0.3 is 5.11 Å². The van der Waals surface area contributed by atoms with Crippen molar-refractivity contribution in [2.75, 3.05) is 19.7 Å². The molecule has 1 saturated carbocycles. The predicted molar refractivity (Wildman–Crippen MR) is 84.7 cm³/mol. The number of hydrogen-bond acceptors (Lipinski definition) is 4. The smallest absolute Gasteiger partial charge is 0.194 e. The topological polar surface area (TPSA) is 40.8 Å². The van der Waals surface area contributed by atoms with Crippen molar-refractivity contribution >= 4 is 16.3 Å². The van der Waals surface area contributed by atoms with Crippen molar-refractivity contribution in [2.45, 2.75) is 45.1 Å². The molecule has 2 aromatic rings. The van der Waals surface area contributed by atoms with Crippen molar-refractivity contribution in [3.05, 3.63) is 23.0 Å². The first-order chi connectivity index (χ1) is 10.2. The second kappa shape index (κ2) is 5.07. The van der Waals surface area contributed by atoms with Gasteiger partial charge >= 0.3 is 0 Å². The number of nitrogens with zero attached hydrogens (tertiary/aromatic N) is 3. The van der Waals surface area contributed by atoms with E-state index in [-0.39, 0.29) is 5.41 Å². The minimum Gasteiger partial charge on any atom is -0.396 e. The molecular weight excluding hydrogens is 282 g/mol. The van der Waals surface area contributed by atoms with E-state index in [1.165, 1.54) is 30.7 Å². The molecule has 114 valence electrons. The van der Waals surface area contributed by atoms with E-state index in [9.17, 15) is 5.11 Å². The van der Waals surface area contributed by atoms with Gasteiger partial charge in [-0.3, -0.25) is 9.30 Å². The second-order valence-electron chi connectivity index (χ2n) is 7.06. The highest BCUT2D eigenvalue weighted by Gasteiger charge is 2.34. The molecule has 4 rings (SSSR count). The molecule has 1 saturated heterocycles. The fourth-order valence-corrected chi connectivity index (χ4v) is 4.33. The lowest BCUT2D eigenvalue weighted by molar-refractivity contribution is 0.0421. The van der Waals surface area contributed by atoms with Gasteiger partial charge in [-0.2, -0.15) is 0 Å². The van der Waals surface area contributed by atoms with Crippen LogP contribution >= 0.6 is 11.3 Å². The summed E-state index contributed by atoms with van der Waals surface area (Å²) in [6.07, 6.45) is 7.07. The summed E-state index contributed by atoms with van der Waals surface area (Å²) in [5, 5.41) is 11.8. The number of fused-ring (bicyclic) bond motifs is 1. The van der Waals surface area contributed by atoms with Gasteiger partial charge in [-0.15, -0.1) is 11.3 Å². The molecule has 3 heterocycles. The van der Waals surface area contributed by atoms with E-state index in [4.69, 9.17) is 4.98 Å². The lowest BCUT2D eigenvalue weighted by Crippen LogP contribution is -2.43. The number of hydrogen-bond donors (Lipinski definition) is 1. The minimum absolute atomic E-state index is 0.0659. The van der Waals surface area contributed by atoms with E-state index < -0.39 is 0 Å². The maximum atomic E-state index is 9.64. The molecule has 2 aliphatic rings. The highest BCUT2D eigenvalue weighted by atomic mass is 32.1. The van der Waals surface area contributed by atoms with Crippen LogP contribution in [0.3, 0.4) is 0 Å². The van der Waals surface area contributed by atoms with Gasteiger partial charge in [-0.25, -0.2) is 4.98 Å². The number of aliphatic hydroxyl groups is 1. The molecule has 1 aliphatic carbocycles. The van der Waals surface area contributed by atoms with Crippen LogP contribution in [0.1, 0.15) is 49.9 Å². The van der Waals surface area contributed by atoms with Gasteiger partial charge in [0.2, 0.25) is 0 Å². The van der Waals surface area contributed by atoms with Gasteiger partial charge in [0, 0.05) is 42.6 Å². The Morgan fingerprint density at radius 1 is 1.48 bits per heavy atom. The summed E-state index contributed by atoms with van der Waals surface area (Å²) in [4.78, 5) is 8.50. The van der Waals surface area contributed by atoms with E-state index in [0.29, 0.717) is 12.5 Å². The molecule has 1 unspecified atom stereocenters. The third kappa shape index (κ3) is 2.51.